The van der Waals surface area contributed by atoms with Crippen LogP contribution >= 0.6 is 11.6 Å². The van der Waals surface area contributed by atoms with Crippen molar-refractivity contribution >= 4 is 23.4 Å². The Labute approximate surface area is 159 Å². The van der Waals surface area contributed by atoms with Crippen molar-refractivity contribution in [1.82, 2.24) is 14.9 Å². The average molecular weight is 374 g/mol. The second-order valence-corrected chi connectivity index (χ2v) is 7.14. The van der Waals surface area contributed by atoms with Crippen LogP contribution in [0.5, 0.6) is 0 Å². The summed E-state index contributed by atoms with van der Waals surface area (Å²) >= 11 is 5.97. The van der Waals surface area contributed by atoms with Crippen LogP contribution in [0.3, 0.4) is 0 Å². The predicted molar refractivity (Wildman–Crippen MR) is 104 cm³/mol. The van der Waals surface area contributed by atoms with Gasteiger partial charge < -0.3 is 14.5 Å². The quantitative estimate of drug-likeness (QED) is 0.819. The van der Waals surface area contributed by atoms with Crippen LogP contribution in [-0.2, 0) is 11.3 Å². The zero-order valence-corrected chi connectivity index (χ0v) is 15.6. The normalized spacial score (nSPS) is 19.0. The number of anilines is 2. The molecule has 2 saturated heterocycles. The van der Waals surface area contributed by atoms with Crippen molar-refractivity contribution in [3.63, 3.8) is 0 Å². The van der Waals surface area contributed by atoms with Gasteiger partial charge in [-0.05, 0) is 23.8 Å². The van der Waals surface area contributed by atoms with E-state index in [9.17, 15) is 0 Å². The summed E-state index contributed by atoms with van der Waals surface area (Å²) in [6.07, 6.45) is 1.87. The largest absolute Gasteiger partial charge is 0.378 e. The molecule has 26 heavy (non-hydrogen) atoms. The number of benzene rings is 1. The van der Waals surface area contributed by atoms with E-state index in [-0.39, 0.29) is 0 Å². The van der Waals surface area contributed by atoms with E-state index in [4.69, 9.17) is 21.3 Å². The molecule has 2 aromatic rings. The van der Waals surface area contributed by atoms with Crippen molar-refractivity contribution in [2.45, 2.75) is 6.54 Å². The number of hydrogen-bond donors (Lipinski definition) is 0. The van der Waals surface area contributed by atoms with Gasteiger partial charge >= 0.3 is 0 Å². The summed E-state index contributed by atoms with van der Waals surface area (Å²) in [5, 5.41) is 0.790. The molecular formula is C19H24ClN5O. The average Bonchev–Trinajstić information content (AvgIpc) is 2.71. The number of piperazine rings is 1. The molecule has 2 aliphatic heterocycles. The minimum Gasteiger partial charge on any atom is -0.378 e. The number of nitrogens with zero attached hydrogens (tertiary/aromatic N) is 5. The summed E-state index contributed by atoms with van der Waals surface area (Å²) in [7, 11) is 0. The molecule has 138 valence electrons. The maximum atomic E-state index is 5.97. The molecule has 1 aromatic carbocycles. The maximum absolute atomic E-state index is 5.97. The molecule has 0 spiro atoms. The van der Waals surface area contributed by atoms with Crippen LogP contribution in [0.15, 0.2) is 36.5 Å². The Bertz CT molecular complexity index is 712. The molecule has 4 rings (SSSR count). The first-order chi connectivity index (χ1) is 12.8. The molecule has 0 atom stereocenters. The lowest BCUT2D eigenvalue weighted by Crippen LogP contribution is -2.46. The zero-order chi connectivity index (χ0) is 17.8. The van der Waals surface area contributed by atoms with Gasteiger partial charge in [0.25, 0.3) is 0 Å². The third-order valence-electron chi connectivity index (χ3n) is 4.94. The van der Waals surface area contributed by atoms with E-state index in [2.05, 4.69) is 31.8 Å². The number of ether oxygens (including phenoxy) is 1. The van der Waals surface area contributed by atoms with Crippen molar-refractivity contribution in [3.05, 3.63) is 47.1 Å². The molecule has 0 radical (unpaired) electrons. The lowest BCUT2D eigenvalue weighted by Gasteiger charge is -2.36. The number of rotatable bonds is 4. The first-order valence-electron chi connectivity index (χ1n) is 9.15. The van der Waals surface area contributed by atoms with E-state index < -0.39 is 0 Å². The van der Waals surface area contributed by atoms with Crippen molar-refractivity contribution in [2.24, 2.45) is 0 Å². The van der Waals surface area contributed by atoms with Gasteiger partial charge in [-0.3, -0.25) is 4.90 Å². The Morgan fingerprint density at radius 2 is 1.62 bits per heavy atom. The van der Waals surface area contributed by atoms with E-state index >= 15 is 0 Å². The van der Waals surface area contributed by atoms with E-state index in [1.54, 1.807) is 0 Å². The molecule has 7 heteroatoms. The Kier molecular flexibility index (Phi) is 5.53. The number of aromatic nitrogens is 2. The molecule has 0 saturated carbocycles. The SMILES string of the molecule is Clc1ccc(CN2CCN(c3ccnc(N4CCOCC4)n3)CC2)cc1. The monoisotopic (exact) mass is 373 g/mol. The Morgan fingerprint density at radius 3 is 2.35 bits per heavy atom. The summed E-state index contributed by atoms with van der Waals surface area (Å²) in [6, 6.07) is 10.1. The van der Waals surface area contributed by atoms with Crippen LogP contribution in [0.2, 0.25) is 5.02 Å². The maximum Gasteiger partial charge on any atom is 0.227 e. The highest BCUT2D eigenvalue weighted by atomic mass is 35.5. The Hall–Kier alpha value is -1.89. The van der Waals surface area contributed by atoms with Gasteiger partial charge in [0.05, 0.1) is 13.2 Å². The molecule has 6 nitrogen and oxygen atoms in total. The molecule has 2 aliphatic rings. The highest BCUT2D eigenvalue weighted by molar-refractivity contribution is 6.30. The summed E-state index contributed by atoms with van der Waals surface area (Å²) < 4.78 is 5.41. The van der Waals surface area contributed by atoms with Crippen LogP contribution in [-0.4, -0.2) is 67.4 Å². The van der Waals surface area contributed by atoms with E-state index in [0.29, 0.717) is 0 Å². The number of hydrogen-bond acceptors (Lipinski definition) is 6. The molecule has 3 heterocycles. The fourth-order valence-electron chi connectivity index (χ4n) is 3.41. The Balaban J connectivity index is 1.35. The van der Waals surface area contributed by atoms with Gasteiger partial charge in [0.1, 0.15) is 5.82 Å². The molecule has 0 amide bonds. The van der Waals surface area contributed by atoms with Crippen molar-refractivity contribution in [3.8, 4) is 0 Å². The highest BCUT2D eigenvalue weighted by Crippen LogP contribution is 2.19. The van der Waals surface area contributed by atoms with Gasteiger partial charge in [-0.2, -0.15) is 4.98 Å². The highest BCUT2D eigenvalue weighted by Gasteiger charge is 2.20. The summed E-state index contributed by atoms with van der Waals surface area (Å²) in [5.41, 5.74) is 1.31. The molecule has 0 unspecified atom stereocenters. The van der Waals surface area contributed by atoms with Crippen LogP contribution in [0.1, 0.15) is 5.56 Å². The zero-order valence-electron chi connectivity index (χ0n) is 14.9. The molecular weight excluding hydrogens is 350 g/mol. The fraction of sp³-hybridized carbons (Fsp3) is 0.474. The molecule has 0 aliphatic carbocycles. The van der Waals surface area contributed by atoms with Gasteiger partial charge in [-0.15, -0.1) is 0 Å². The van der Waals surface area contributed by atoms with Crippen molar-refractivity contribution < 1.29 is 4.74 Å². The fourth-order valence-corrected chi connectivity index (χ4v) is 3.54. The topological polar surface area (TPSA) is 44.7 Å². The van der Waals surface area contributed by atoms with Gasteiger partial charge in [-0.1, -0.05) is 23.7 Å². The predicted octanol–water partition coefficient (Wildman–Crippen LogP) is 2.29. The minimum absolute atomic E-state index is 0.747. The number of halogens is 1. The minimum atomic E-state index is 0.747. The van der Waals surface area contributed by atoms with E-state index in [1.807, 2.05) is 24.4 Å². The summed E-state index contributed by atoms with van der Waals surface area (Å²) in [5.74, 6) is 1.84. The summed E-state index contributed by atoms with van der Waals surface area (Å²) in [4.78, 5) is 16.3. The second kappa shape index (κ2) is 8.20. The van der Waals surface area contributed by atoms with Gasteiger partial charge in [0.15, 0.2) is 0 Å². The standard InChI is InChI=1S/C19H24ClN5O/c20-17-3-1-16(2-4-17)15-23-7-9-24(10-8-23)18-5-6-21-19(22-18)25-11-13-26-14-12-25/h1-6H,7-15H2. The smallest absolute Gasteiger partial charge is 0.227 e. The molecule has 0 bridgehead atoms. The molecule has 0 N–H and O–H groups in total. The van der Waals surface area contributed by atoms with Crippen molar-refractivity contribution in [1.29, 1.82) is 0 Å². The third-order valence-corrected chi connectivity index (χ3v) is 5.19. The second-order valence-electron chi connectivity index (χ2n) is 6.70. The van der Waals surface area contributed by atoms with Gasteiger partial charge in [-0.25, -0.2) is 4.98 Å². The molecule has 1 aromatic heterocycles. The summed E-state index contributed by atoms with van der Waals surface area (Å²) in [6.45, 7) is 8.19. The van der Waals surface area contributed by atoms with Gasteiger partial charge in [0, 0.05) is 57.0 Å². The van der Waals surface area contributed by atoms with Crippen LogP contribution in [0, 0.1) is 0 Å². The van der Waals surface area contributed by atoms with E-state index in [1.165, 1.54) is 5.56 Å². The number of morpholine rings is 1. The van der Waals surface area contributed by atoms with Crippen LogP contribution in [0.25, 0.3) is 0 Å². The first-order valence-corrected chi connectivity index (χ1v) is 9.53. The van der Waals surface area contributed by atoms with Crippen LogP contribution in [0.4, 0.5) is 11.8 Å². The third kappa shape index (κ3) is 4.26. The lowest BCUT2D eigenvalue weighted by molar-refractivity contribution is 0.122. The van der Waals surface area contributed by atoms with Crippen LogP contribution < -0.4 is 9.80 Å². The molecule has 2 fully saturated rings. The van der Waals surface area contributed by atoms with E-state index in [0.717, 1.165) is 75.8 Å². The van der Waals surface area contributed by atoms with Crippen molar-refractivity contribution in [2.75, 3.05) is 62.3 Å². The first kappa shape index (κ1) is 17.5. The lowest BCUT2D eigenvalue weighted by atomic mass is 10.2. The van der Waals surface area contributed by atoms with Gasteiger partial charge in [0.2, 0.25) is 5.95 Å². The Morgan fingerprint density at radius 1 is 0.885 bits per heavy atom.